The predicted octanol–water partition coefficient (Wildman–Crippen LogP) is 3.35. The number of carbonyl (C=O) groups is 1. The highest BCUT2D eigenvalue weighted by Crippen LogP contribution is 2.39. The van der Waals surface area contributed by atoms with E-state index in [0.29, 0.717) is 5.82 Å². The van der Waals surface area contributed by atoms with Gasteiger partial charge >= 0.3 is 5.97 Å². The van der Waals surface area contributed by atoms with Gasteiger partial charge in [0.25, 0.3) is 0 Å². The number of anilines is 1. The fourth-order valence-electron chi connectivity index (χ4n) is 2.62. The first-order valence-corrected chi connectivity index (χ1v) is 9.37. The van der Waals surface area contributed by atoms with Gasteiger partial charge in [-0.15, -0.1) is 0 Å². The van der Waals surface area contributed by atoms with Crippen LogP contribution in [0.5, 0.6) is 0 Å². The molecule has 0 radical (unpaired) electrons. The third kappa shape index (κ3) is 4.23. The van der Waals surface area contributed by atoms with Crippen LogP contribution >= 0.6 is 7.92 Å². The van der Waals surface area contributed by atoms with Crippen LogP contribution in [0, 0.1) is 6.92 Å². The highest BCUT2D eigenvalue weighted by Gasteiger charge is 2.30. The van der Waals surface area contributed by atoms with Gasteiger partial charge in [0.1, 0.15) is 5.82 Å². The monoisotopic (exact) mass is 350 g/mol. The van der Waals surface area contributed by atoms with Gasteiger partial charge in [-0.2, -0.15) is 0 Å². The molecule has 1 heterocycles. The highest BCUT2D eigenvalue weighted by atomic mass is 31.1. The fourth-order valence-corrected chi connectivity index (χ4v) is 4.98. The molecule has 2 N–H and O–H groups in total. The molecule has 0 amide bonds. The summed E-state index contributed by atoms with van der Waals surface area (Å²) >= 11 is 0. The van der Waals surface area contributed by atoms with E-state index in [1.165, 1.54) is 0 Å². The van der Waals surface area contributed by atoms with E-state index in [0.717, 1.165) is 16.2 Å². The molecule has 0 aliphatic heterocycles. The normalized spacial score (nSPS) is 11.9. The standard InChI is InChI=1S/C20H19N2O2P/c1-15-12-13-21-18(14-15)22-19(20(23)24)25(16-8-4-2-5-9-16)17-10-6-3-7-11-17/h2-14,19H,1H3,(H,21,22)(H,23,24). The minimum atomic E-state index is -1.14. The average Bonchev–Trinajstić information content (AvgIpc) is 2.63. The summed E-state index contributed by atoms with van der Waals surface area (Å²) in [6, 6.07) is 23.3. The van der Waals surface area contributed by atoms with Gasteiger partial charge in [-0.05, 0) is 43.2 Å². The Kier molecular flexibility index (Phi) is 5.42. The SMILES string of the molecule is Cc1ccnc(NC(C(=O)O)P(c2ccccc2)c2ccccc2)c1. The fraction of sp³-hybridized carbons (Fsp3) is 0.100. The van der Waals surface area contributed by atoms with Crippen LogP contribution < -0.4 is 15.9 Å². The van der Waals surface area contributed by atoms with E-state index in [1.807, 2.05) is 79.7 Å². The summed E-state index contributed by atoms with van der Waals surface area (Å²) < 4.78 is 0. The molecule has 5 heteroatoms. The Morgan fingerprint density at radius 3 is 2.04 bits per heavy atom. The van der Waals surface area contributed by atoms with Crippen LogP contribution in [0.3, 0.4) is 0 Å². The Bertz CT molecular complexity index is 801. The Labute approximate surface area is 148 Å². The number of hydrogen-bond acceptors (Lipinski definition) is 3. The molecule has 3 rings (SSSR count). The smallest absolute Gasteiger partial charge is 0.331 e. The van der Waals surface area contributed by atoms with E-state index in [4.69, 9.17) is 0 Å². The van der Waals surface area contributed by atoms with Crippen LogP contribution in [-0.4, -0.2) is 21.8 Å². The Hall–Kier alpha value is -2.71. The lowest BCUT2D eigenvalue weighted by Crippen LogP contribution is -2.34. The van der Waals surface area contributed by atoms with E-state index in [-0.39, 0.29) is 0 Å². The topological polar surface area (TPSA) is 62.2 Å². The van der Waals surface area contributed by atoms with Gasteiger partial charge in [-0.1, -0.05) is 60.7 Å². The molecule has 0 aliphatic carbocycles. The maximum atomic E-state index is 12.1. The van der Waals surface area contributed by atoms with Crippen molar-refractivity contribution >= 4 is 30.3 Å². The minimum absolute atomic E-state index is 0.576. The second-order valence-electron chi connectivity index (χ2n) is 5.64. The summed E-state index contributed by atoms with van der Waals surface area (Å²) in [5, 5.41) is 15.1. The maximum Gasteiger partial charge on any atom is 0.331 e. The number of carboxylic acids is 1. The molecule has 3 aromatic rings. The molecular formula is C20H19N2O2P. The molecule has 0 fully saturated rings. The number of hydrogen-bond donors (Lipinski definition) is 2. The molecule has 0 aliphatic rings. The van der Waals surface area contributed by atoms with Gasteiger partial charge < -0.3 is 10.4 Å². The molecular weight excluding hydrogens is 331 g/mol. The summed E-state index contributed by atoms with van der Waals surface area (Å²) in [5.41, 5.74) is 1.03. The molecule has 126 valence electrons. The van der Waals surface area contributed by atoms with Gasteiger partial charge in [0.15, 0.2) is 5.78 Å². The molecule has 25 heavy (non-hydrogen) atoms. The molecule has 0 spiro atoms. The van der Waals surface area contributed by atoms with Gasteiger partial charge in [0, 0.05) is 6.20 Å². The van der Waals surface area contributed by atoms with Crippen LogP contribution in [0.4, 0.5) is 5.82 Å². The molecule has 0 bridgehead atoms. The third-order valence-electron chi connectivity index (χ3n) is 3.76. The first-order chi connectivity index (χ1) is 12.1. The lowest BCUT2D eigenvalue weighted by molar-refractivity contribution is -0.135. The first kappa shape index (κ1) is 17.1. The predicted molar refractivity (Wildman–Crippen MR) is 103 cm³/mol. The Balaban J connectivity index is 2.03. The number of benzene rings is 2. The van der Waals surface area contributed by atoms with Crippen LogP contribution in [0.1, 0.15) is 5.56 Å². The van der Waals surface area contributed by atoms with Crippen molar-refractivity contribution in [3.8, 4) is 0 Å². The first-order valence-electron chi connectivity index (χ1n) is 7.96. The van der Waals surface area contributed by atoms with Crippen molar-refractivity contribution in [3.63, 3.8) is 0 Å². The summed E-state index contributed by atoms with van der Waals surface area (Å²) in [4.78, 5) is 16.4. The summed E-state index contributed by atoms with van der Waals surface area (Å²) in [7, 11) is -1.14. The zero-order valence-corrected chi connectivity index (χ0v) is 14.7. The van der Waals surface area contributed by atoms with Crippen molar-refractivity contribution in [2.45, 2.75) is 12.7 Å². The number of aromatic nitrogens is 1. The number of aliphatic carboxylic acids is 1. The number of nitrogens with zero attached hydrogens (tertiary/aromatic N) is 1. The molecule has 1 unspecified atom stereocenters. The quantitative estimate of drug-likeness (QED) is 0.670. The molecule has 4 nitrogen and oxygen atoms in total. The highest BCUT2D eigenvalue weighted by molar-refractivity contribution is 7.74. The number of pyridine rings is 1. The Morgan fingerprint density at radius 1 is 1.00 bits per heavy atom. The second kappa shape index (κ2) is 7.91. The number of carboxylic acid groups (broad SMARTS) is 1. The number of aryl methyl sites for hydroxylation is 1. The minimum Gasteiger partial charge on any atom is -0.479 e. The molecule has 0 saturated heterocycles. The Morgan fingerprint density at radius 2 is 1.56 bits per heavy atom. The van der Waals surface area contributed by atoms with E-state index in [1.54, 1.807) is 6.20 Å². The third-order valence-corrected chi connectivity index (χ3v) is 6.34. The largest absolute Gasteiger partial charge is 0.479 e. The number of nitrogens with one attached hydrogen (secondary N) is 1. The lowest BCUT2D eigenvalue weighted by Gasteiger charge is -2.26. The van der Waals surface area contributed by atoms with Crippen molar-refractivity contribution in [1.29, 1.82) is 0 Å². The molecule has 1 aromatic heterocycles. The maximum absolute atomic E-state index is 12.1. The van der Waals surface area contributed by atoms with Crippen LogP contribution in [0.2, 0.25) is 0 Å². The summed E-state index contributed by atoms with van der Waals surface area (Å²) in [5.74, 6) is -1.08. The van der Waals surface area contributed by atoms with Gasteiger partial charge in [-0.25, -0.2) is 9.78 Å². The number of rotatable bonds is 6. The summed E-state index contributed by atoms with van der Waals surface area (Å²) in [6.07, 6.45) is 1.68. The zero-order chi connectivity index (χ0) is 17.6. The van der Waals surface area contributed by atoms with Crippen LogP contribution in [-0.2, 0) is 4.79 Å². The average molecular weight is 350 g/mol. The lowest BCUT2D eigenvalue weighted by atomic mass is 10.3. The second-order valence-corrected chi connectivity index (χ2v) is 7.93. The van der Waals surface area contributed by atoms with E-state index >= 15 is 0 Å². The van der Waals surface area contributed by atoms with Gasteiger partial charge in [-0.3, -0.25) is 0 Å². The van der Waals surface area contributed by atoms with E-state index in [2.05, 4.69) is 10.3 Å². The van der Waals surface area contributed by atoms with Gasteiger partial charge in [0.2, 0.25) is 0 Å². The molecule has 0 saturated carbocycles. The van der Waals surface area contributed by atoms with Crippen LogP contribution in [0.25, 0.3) is 0 Å². The van der Waals surface area contributed by atoms with Crippen molar-refractivity contribution in [3.05, 3.63) is 84.6 Å². The van der Waals surface area contributed by atoms with Crippen molar-refractivity contribution in [1.82, 2.24) is 4.98 Å². The van der Waals surface area contributed by atoms with Crippen molar-refractivity contribution in [2.75, 3.05) is 5.32 Å². The van der Waals surface area contributed by atoms with E-state index in [9.17, 15) is 9.90 Å². The zero-order valence-electron chi connectivity index (χ0n) is 13.8. The van der Waals surface area contributed by atoms with Gasteiger partial charge in [0.05, 0.1) is 0 Å². The van der Waals surface area contributed by atoms with Crippen LogP contribution in [0.15, 0.2) is 79.0 Å². The van der Waals surface area contributed by atoms with Crippen molar-refractivity contribution in [2.24, 2.45) is 0 Å². The van der Waals surface area contributed by atoms with E-state index < -0.39 is 19.7 Å². The summed E-state index contributed by atoms with van der Waals surface area (Å²) in [6.45, 7) is 1.96. The molecule has 2 aromatic carbocycles. The molecule has 1 atom stereocenters. The van der Waals surface area contributed by atoms with Crippen molar-refractivity contribution < 1.29 is 9.90 Å².